The van der Waals surface area contributed by atoms with Gasteiger partial charge in [-0.1, -0.05) is 12.1 Å². The molecular weight excluding hydrogens is 193 g/mol. The van der Waals surface area contributed by atoms with Crippen molar-refractivity contribution in [2.45, 2.75) is 17.7 Å². The highest BCUT2D eigenvalue weighted by atomic mass is 35.5. The Kier molecular flexibility index (Phi) is 2.86. The molecule has 0 saturated carbocycles. The molecule has 0 aromatic heterocycles. The van der Waals surface area contributed by atoms with Crippen LogP contribution >= 0.6 is 23.2 Å². The third kappa shape index (κ3) is 3.33. The van der Waals surface area contributed by atoms with Gasteiger partial charge < -0.3 is 5.73 Å². The number of hydrogen-bond donors (Lipinski definition) is 1. The molecule has 1 rings (SSSR count). The number of rotatable bonds is 2. The summed E-state index contributed by atoms with van der Waals surface area (Å²) >= 11 is 11.7. The van der Waals surface area contributed by atoms with Crippen molar-refractivity contribution in [3.05, 3.63) is 29.8 Å². The first-order valence-electron chi connectivity index (χ1n) is 3.70. The first-order valence-corrected chi connectivity index (χ1v) is 4.45. The van der Waals surface area contributed by atoms with Crippen molar-refractivity contribution < 1.29 is 0 Å². The lowest BCUT2D eigenvalue weighted by molar-refractivity contribution is 0.854. The van der Waals surface area contributed by atoms with Gasteiger partial charge >= 0.3 is 0 Å². The Labute approximate surface area is 82.5 Å². The minimum absolute atomic E-state index is 0.635. The Balaban J connectivity index is 2.71. The predicted octanol–water partition coefficient (Wildman–Crippen LogP) is 3.01. The van der Waals surface area contributed by atoms with E-state index in [9.17, 15) is 0 Å². The molecule has 0 bridgehead atoms. The zero-order chi connectivity index (χ0) is 9.19. The summed E-state index contributed by atoms with van der Waals surface area (Å²) in [7, 11) is 0. The number of nitrogens with two attached hydrogens (primary N) is 1. The molecule has 2 N–H and O–H groups in total. The smallest absolute Gasteiger partial charge is 0.119 e. The lowest BCUT2D eigenvalue weighted by atomic mass is 10.1. The van der Waals surface area contributed by atoms with E-state index in [1.54, 1.807) is 6.92 Å². The summed E-state index contributed by atoms with van der Waals surface area (Å²) in [6.45, 7) is 1.77. The van der Waals surface area contributed by atoms with Crippen LogP contribution in [0.25, 0.3) is 0 Å². The molecule has 12 heavy (non-hydrogen) atoms. The molecule has 0 aliphatic heterocycles. The second kappa shape index (κ2) is 3.55. The van der Waals surface area contributed by atoms with Gasteiger partial charge in [0.05, 0.1) is 0 Å². The van der Waals surface area contributed by atoms with Crippen LogP contribution in [0.5, 0.6) is 0 Å². The second-order valence-corrected chi connectivity index (χ2v) is 4.85. The number of anilines is 1. The van der Waals surface area contributed by atoms with Gasteiger partial charge in [0.2, 0.25) is 0 Å². The molecule has 1 nitrogen and oxygen atoms in total. The fourth-order valence-electron chi connectivity index (χ4n) is 0.994. The summed E-state index contributed by atoms with van der Waals surface area (Å²) < 4.78 is -0.698. The van der Waals surface area contributed by atoms with Crippen LogP contribution in [0, 0.1) is 0 Å². The standard InChI is InChI=1S/C9H11Cl2N/c1-9(10,11)6-7-2-4-8(12)5-3-7/h2-5H,6,12H2,1H3. The van der Waals surface area contributed by atoms with E-state index in [0.29, 0.717) is 6.42 Å². The fourth-order valence-corrected chi connectivity index (χ4v) is 1.30. The van der Waals surface area contributed by atoms with Crippen LogP contribution in [0.15, 0.2) is 24.3 Å². The SMILES string of the molecule is CC(Cl)(Cl)Cc1ccc(N)cc1. The molecule has 0 aliphatic carbocycles. The van der Waals surface area contributed by atoms with Gasteiger partial charge in [0.1, 0.15) is 4.33 Å². The van der Waals surface area contributed by atoms with Gasteiger partial charge in [-0.2, -0.15) is 0 Å². The monoisotopic (exact) mass is 203 g/mol. The summed E-state index contributed by atoms with van der Waals surface area (Å²) in [5.41, 5.74) is 7.37. The van der Waals surface area contributed by atoms with Crippen molar-refractivity contribution in [3.63, 3.8) is 0 Å². The van der Waals surface area contributed by atoms with Gasteiger partial charge in [-0.25, -0.2) is 0 Å². The van der Waals surface area contributed by atoms with Crippen molar-refractivity contribution in [2.24, 2.45) is 0 Å². The first kappa shape index (κ1) is 9.69. The summed E-state index contributed by atoms with van der Waals surface area (Å²) in [6, 6.07) is 7.54. The highest BCUT2D eigenvalue weighted by Crippen LogP contribution is 2.25. The van der Waals surface area contributed by atoms with Crippen LogP contribution < -0.4 is 5.73 Å². The molecule has 0 aliphatic rings. The molecule has 3 heteroatoms. The Morgan fingerprint density at radius 2 is 1.75 bits per heavy atom. The van der Waals surface area contributed by atoms with Crippen molar-refractivity contribution >= 4 is 28.9 Å². The summed E-state index contributed by atoms with van der Waals surface area (Å²) in [5.74, 6) is 0. The van der Waals surface area contributed by atoms with E-state index in [2.05, 4.69) is 0 Å². The third-order valence-electron chi connectivity index (χ3n) is 1.49. The lowest BCUT2D eigenvalue weighted by Gasteiger charge is -2.12. The minimum atomic E-state index is -0.698. The lowest BCUT2D eigenvalue weighted by Crippen LogP contribution is -2.10. The van der Waals surface area contributed by atoms with Crippen molar-refractivity contribution in [2.75, 3.05) is 5.73 Å². The molecule has 0 unspecified atom stereocenters. The zero-order valence-corrected chi connectivity index (χ0v) is 8.36. The average molecular weight is 204 g/mol. The highest BCUT2D eigenvalue weighted by molar-refractivity contribution is 6.48. The van der Waals surface area contributed by atoms with E-state index in [1.807, 2.05) is 24.3 Å². The quantitative estimate of drug-likeness (QED) is 0.581. The summed E-state index contributed by atoms with van der Waals surface area (Å²) in [6.07, 6.45) is 0.635. The number of hydrogen-bond acceptors (Lipinski definition) is 1. The second-order valence-electron chi connectivity index (χ2n) is 2.99. The largest absolute Gasteiger partial charge is 0.399 e. The molecule has 0 fully saturated rings. The van der Waals surface area contributed by atoms with E-state index in [1.165, 1.54) is 0 Å². The van der Waals surface area contributed by atoms with Crippen LogP contribution in [0.3, 0.4) is 0 Å². The Hall–Kier alpha value is -0.400. The fraction of sp³-hybridized carbons (Fsp3) is 0.333. The van der Waals surface area contributed by atoms with Gasteiger partial charge in [0.15, 0.2) is 0 Å². The maximum absolute atomic E-state index is 5.84. The molecule has 0 radical (unpaired) electrons. The van der Waals surface area contributed by atoms with Crippen LogP contribution in [0.4, 0.5) is 5.69 Å². The van der Waals surface area contributed by atoms with E-state index >= 15 is 0 Å². The van der Waals surface area contributed by atoms with E-state index < -0.39 is 4.33 Å². The number of benzene rings is 1. The zero-order valence-electron chi connectivity index (χ0n) is 6.85. The molecule has 0 heterocycles. The maximum Gasteiger partial charge on any atom is 0.119 e. The summed E-state index contributed by atoms with van der Waals surface area (Å²) in [5, 5.41) is 0. The van der Waals surface area contributed by atoms with Crippen LogP contribution in [0.2, 0.25) is 0 Å². The van der Waals surface area contributed by atoms with Gasteiger partial charge in [0.25, 0.3) is 0 Å². The molecule has 1 aromatic rings. The van der Waals surface area contributed by atoms with Gasteiger partial charge in [-0.05, 0) is 24.6 Å². The molecule has 0 saturated heterocycles. The highest BCUT2D eigenvalue weighted by Gasteiger charge is 2.16. The predicted molar refractivity (Wildman–Crippen MR) is 54.7 cm³/mol. The van der Waals surface area contributed by atoms with Crippen molar-refractivity contribution in [1.29, 1.82) is 0 Å². The Bertz CT molecular complexity index is 248. The topological polar surface area (TPSA) is 26.0 Å². The summed E-state index contributed by atoms with van der Waals surface area (Å²) in [4.78, 5) is 0. The molecule has 1 aromatic carbocycles. The molecule has 0 amide bonds. The molecule has 0 atom stereocenters. The van der Waals surface area contributed by atoms with Gasteiger partial charge in [-0.3, -0.25) is 0 Å². The minimum Gasteiger partial charge on any atom is -0.399 e. The van der Waals surface area contributed by atoms with Crippen molar-refractivity contribution in [1.82, 2.24) is 0 Å². The normalized spacial score (nSPS) is 11.6. The Morgan fingerprint density at radius 3 is 2.17 bits per heavy atom. The van der Waals surface area contributed by atoms with Gasteiger partial charge in [0, 0.05) is 12.1 Å². The van der Waals surface area contributed by atoms with E-state index in [4.69, 9.17) is 28.9 Å². The van der Waals surface area contributed by atoms with E-state index in [-0.39, 0.29) is 0 Å². The third-order valence-corrected chi connectivity index (χ3v) is 1.76. The van der Waals surface area contributed by atoms with Gasteiger partial charge in [-0.15, -0.1) is 23.2 Å². The molecule has 66 valence electrons. The van der Waals surface area contributed by atoms with Crippen LogP contribution in [-0.4, -0.2) is 4.33 Å². The number of alkyl halides is 2. The average Bonchev–Trinajstić information content (AvgIpc) is 1.91. The van der Waals surface area contributed by atoms with Crippen LogP contribution in [-0.2, 0) is 6.42 Å². The molecular formula is C9H11Cl2N. The van der Waals surface area contributed by atoms with Crippen LogP contribution in [0.1, 0.15) is 12.5 Å². The number of nitrogen functional groups attached to an aromatic ring is 1. The van der Waals surface area contributed by atoms with E-state index in [0.717, 1.165) is 11.3 Å². The van der Waals surface area contributed by atoms with Crippen molar-refractivity contribution in [3.8, 4) is 0 Å². The Morgan fingerprint density at radius 1 is 1.25 bits per heavy atom. The number of halogens is 2. The maximum atomic E-state index is 5.84. The molecule has 0 spiro atoms. The first-order chi connectivity index (χ1) is 5.47.